The zero-order valence-electron chi connectivity index (χ0n) is 11.4. The van der Waals surface area contributed by atoms with Crippen LogP contribution in [0.4, 0.5) is 10.5 Å². The van der Waals surface area contributed by atoms with Crippen molar-refractivity contribution >= 4 is 23.1 Å². The maximum absolute atomic E-state index is 11.7. The molecule has 1 aliphatic rings. The summed E-state index contributed by atoms with van der Waals surface area (Å²) in [6.45, 7) is 1.97. The summed E-state index contributed by atoms with van der Waals surface area (Å²) in [5.41, 5.74) is 5.13. The van der Waals surface area contributed by atoms with Crippen LogP contribution >= 0.6 is 0 Å². The van der Waals surface area contributed by atoms with Crippen molar-refractivity contribution < 1.29 is 21.8 Å². The van der Waals surface area contributed by atoms with Crippen molar-refractivity contribution in [2.45, 2.75) is 13.3 Å². The third kappa shape index (κ3) is 4.20. The quantitative estimate of drug-likeness (QED) is 0.544. The Kier molecular flexibility index (Phi) is 5.93. The molecule has 0 radical (unpaired) electrons. The minimum Gasteiger partial charge on any atom is -1.00 e. The van der Waals surface area contributed by atoms with Crippen molar-refractivity contribution in [3.05, 3.63) is 42.6 Å². The lowest BCUT2D eigenvalue weighted by Crippen LogP contribution is -3.00. The van der Waals surface area contributed by atoms with Gasteiger partial charge in [-0.05, 0) is 18.2 Å². The molecule has 0 unspecified atom stereocenters. The number of benzene rings is 1. The van der Waals surface area contributed by atoms with Crippen LogP contribution in [0, 0.1) is 0 Å². The Morgan fingerprint density at radius 3 is 2.70 bits per heavy atom. The first-order valence-electron chi connectivity index (χ1n) is 6.09. The van der Waals surface area contributed by atoms with E-state index < -0.39 is 0 Å². The van der Waals surface area contributed by atoms with Gasteiger partial charge in [-0.2, -0.15) is 5.10 Å². The molecule has 0 fully saturated rings. The number of nitrogens with one attached hydrogen (secondary N) is 2. The Balaban J connectivity index is 0.00000200. The Morgan fingerprint density at radius 1 is 1.30 bits per heavy atom. The number of anilines is 1. The second kappa shape index (κ2) is 7.45. The molecule has 0 aliphatic carbocycles. The molecule has 1 heterocycles. The molecule has 0 atom stereocenters. The van der Waals surface area contributed by atoms with Crippen LogP contribution in [-0.4, -0.2) is 29.1 Å². The van der Waals surface area contributed by atoms with E-state index in [-0.39, 0.29) is 18.4 Å². The van der Waals surface area contributed by atoms with Crippen LogP contribution in [0.3, 0.4) is 0 Å². The summed E-state index contributed by atoms with van der Waals surface area (Å²) in [7, 11) is 1.95. The summed E-state index contributed by atoms with van der Waals surface area (Å²) in [6.07, 6.45) is 4.71. The number of rotatable bonds is 2. The van der Waals surface area contributed by atoms with E-state index in [1.165, 1.54) is 0 Å². The van der Waals surface area contributed by atoms with Crippen LogP contribution in [0.15, 0.2) is 47.7 Å². The number of hydrogen-bond acceptors (Lipinski definition) is 2. The van der Waals surface area contributed by atoms with Crippen LogP contribution in [0.1, 0.15) is 13.3 Å². The highest BCUT2D eigenvalue weighted by Crippen LogP contribution is 2.04. The molecular weight excluding hydrogens is 276 g/mol. The number of hydrazone groups is 1. The highest BCUT2D eigenvalue weighted by Gasteiger charge is 2.15. The number of allylic oxidation sites excluding steroid dienone is 1. The van der Waals surface area contributed by atoms with Crippen LogP contribution in [0.2, 0.25) is 0 Å². The van der Waals surface area contributed by atoms with E-state index in [4.69, 9.17) is 0 Å². The van der Waals surface area contributed by atoms with Gasteiger partial charge in [-0.25, -0.2) is 14.8 Å². The number of urea groups is 1. The fourth-order valence-electron chi connectivity index (χ4n) is 1.71. The van der Waals surface area contributed by atoms with Gasteiger partial charge in [-0.3, -0.25) is 0 Å². The number of para-hydroxylation sites is 1. The minimum absolute atomic E-state index is 0. The first-order valence-corrected chi connectivity index (χ1v) is 6.09. The molecule has 1 aromatic carbocycles. The monoisotopic (exact) mass is 292 g/mol. The Labute approximate surface area is 124 Å². The topological polar surface area (TPSA) is 56.5 Å². The zero-order valence-corrected chi connectivity index (χ0v) is 12.2. The first kappa shape index (κ1) is 15.9. The Hall–Kier alpha value is -2.14. The van der Waals surface area contributed by atoms with Gasteiger partial charge in [0, 0.05) is 19.0 Å². The van der Waals surface area contributed by atoms with Gasteiger partial charge in [-0.15, -0.1) is 0 Å². The fourth-order valence-corrected chi connectivity index (χ4v) is 1.71. The molecule has 0 aromatic heterocycles. The SMILES string of the molecule is CC1=[N+](C)C=CCC1=NNC(=O)Nc1ccccc1.[Cl-]. The molecule has 0 saturated carbocycles. The predicted octanol–water partition coefficient (Wildman–Crippen LogP) is -0.811. The summed E-state index contributed by atoms with van der Waals surface area (Å²) < 4.78 is 1.97. The largest absolute Gasteiger partial charge is 1.00 e. The van der Waals surface area contributed by atoms with E-state index in [9.17, 15) is 4.79 Å². The molecule has 20 heavy (non-hydrogen) atoms. The van der Waals surface area contributed by atoms with Crippen LogP contribution < -0.4 is 23.1 Å². The van der Waals surface area contributed by atoms with E-state index in [0.717, 1.165) is 23.5 Å². The van der Waals surface area contributed by atoms with E-state index >= 15 is 0 Å². The second-order valence-electron chi connectivity index (χ2n) is 4.28. The molecule has 0 bridgehead atoms. The van der Waals surface area contributed by atoms with Gasteiger partial charge in [0.2, 0.25) is 5.71 Å². The summed E-state index contributed by atoms with van der Waals surface area (Å²) in [4.78, 5) is 11.7. The van der Waals surface area contributed by atoms with E-state index in [1.807, 2.05) is 61.2 Å². The van der Waals surface area contributed by atoms with Crippen molar-refractivity contribution in [3.63, 3.8) is 0 Å². The lowest BCUT2D eigenvalue weighted by molar-refractivity contribution is -0.421. The maximum Gasteiger partial charge on any atom is 0.339 e. The Bertz CT molecular complexity index is 564. The minimum atomic E-state index is -0.344. The van der Waals surface area contributed by atoms with Gasteiger partial charge in [-0.1, -0.05) is 18.2 Å². The molecule has 0 saturated heterocycles. The number of halogens is 1. The highest BCUT2D eigenvalue weighted by atomic mass is 35.5. The molecule has 2 N–H and O–H groups in total. The fraction of sp³-hybridized carbons (Fsp3) is 0.214. The van der Waals surface area contributed by atoms with Gasteiger partial charge < -0.3 is 17.7 Å². The molecule has 6 heteroatoms. The summed E-state index contributed by atoms with van der Waals surface area (Å²) in [5.74, 6) is 0. The van der Waals surface area contributed by atoms with Crippen LogP contribution in [0.5, 0.6) is 0 Å². The van der Waals surface area contributed by atoms with Crippen molar-refractivity contribution in [3.8, 4) is 0 Å². The number of nitrogens with zero attached hydrogens (tertiary/aromatic N) is 2. The standard InChI is InChI=1S/C14H16N4O.ClH/c1-11-13(9-6-10-18(11)2)16-17-14(19)15-12-7-4-3-5-8-12;/h3-8,10H,9H2,1-2H3,(H,15,19);1H. The number of carbonyl (C=O) groups excluding carboxylic acids is 1. The third-order valence-electron chi connectivity index (χ3n) is 2.91. The van der Waals surface area contributed by atoms with Crippen LogP contribution in [-0.2, 0) is 0 Å². The molecule has 1 aliphatic heterocycles. The predicted molar refractivity (Wildman–Crippen MR) is 76.7 cm³/mol. The van der Waals surface area contributed by atoms with E-state index in [2.05, 4.69) is 15.8 Å². The second-order valence-corrected chi connectivity index (χ2v) is 4.28. The Morgan fingerprint density at radius 2 is 2.00 bits per heavy atom. The molecular formula is C14H17ClN4O. The van der Waals surface area contributed by atoms with Gasteiger partial charge in [0.15, 0.2) is 6.20 Å². The summed E-state index contributed by atoms with van der Waals surface area (Å²) >= 11 is 0. The lowest BCUT2D eigenvalue weighted by atomic mass is 10.1. The normalized spacial score (nSPS) is 15.8. The molecule has 2 rings (SSSR count). The number of carbonyl (C=O) groups is 1. The van der Waals surface area contributed by atoms with Crippen molar-refractivity contribution in [1.82, 2.24) is 5.43 Å². The maximum atomic E-state index is 11.7. The lowest BCUT2D eigenvalue weighted by Gasteiger charge is -2.07. The van der Waals surface area contributed by atoms with Crippen LogP contribution in [0.25, 0.3) is 0 Å². The van der Waals surface area contributed by atoms with Gasteiger partial charge in [0.05, 0.1) is 0 Å². The molecule has 106 valence electrons. The number of amides is 2. The highest BCUT2D eigenvalue weighted by molar-refractivity contribution is 6.40. The smallest absolute Gasteiger partial charge is 0.339 e. The molecule has 5 nitrogen and oxygen atoms in total. The summed E-state index contributed by atoms with van der Waals surface area (Å²) in [6, 6.07) is 8.92. The molecule has 2 amide bonds. The van der Waals surface area contributed by atoms with Crippen molar-refractivity contribution in [1.29, 1.82) is 0 Å². The van der Waals surface area contributed by atoms with Gasteiger partial charge in [0.25, 0.3) is 0 Å². The first-order chi connectivity index (χ1) is 9.16. The molecule has 0 spiro atoms. The average molecular weight is 293 g/mol. The zero-order chi connectivity index (χ0) is 13.7. The van der Waals surface area contributed by atoms with E-state index in [1.54, 1.807) is 0 Å². The summed E-state index contributed by atoms with van der Waals surface area (Å²) in [5, 5.41) is 6.84. The third-order valence-corrected chi connectivity index (χ3v) is 2.91. The number of hydrogen-bond donors (Lipinski definition) is 2. The van der Waals surface area contributed by atoms with Crippen molar-refractivity contribution in [2.24, 2.45) is 5.10 Å². The van der Waals surface area contributed by atoms with Gasteiger partial charge >= 0.3 is 6.03 Å². The van der Waals surface area contributed by atoms with Crippen molar-refractivity contribution in [2.75, 3.05) is 12.4 Å². The average Bonchev–Trinajstić information content (AvgIpc) is 2.42. The van der Waals surface area contributed by atoms with E-state index in [0.29, 0.717) is 0 Å². The molecule has 1 aromatic rings. The van der Waals surface area contributed by atoms with Gasteiger partial charge in [0.1, 0.15) is 12.8 Å².